The third-order valence-corrected chi connectivity index (χ3v) is 5.99. The molecular weight excluding hydrogens is 484 g/mol. The number of nitrogens with one attached hydrogen (secondary N) is 2. The number of halogens is 1. The molecule has 2 N–H and O–H groups in total. The summed E-state index contributed by atoms with van der Waals surface area (Å²) in [5.41, 5.74) is 6.47. The highest BCUT2D eigenvalue weighted by Gasteiger charge is 2.15. The number of anilines is 2. The van der Waals surface area contributed by atoms with Crippen LogP contribution in [0.1, 0.15) is 28.1 Å². The third kappa shape index (κ3) is 5.26. The summed E-state index contributed by atoms with van der Waals surface area (Å²) in [6.45, 7) is 7.50. The Balaban J connectivity index is 1.43. The quantitative estimate of drug-likeness (QED) is 0.328. The first-order valence-electron chi connectivity index (χ1n) is 10.3. The smallest absolute Gasteiger partial charge is 0.176 e. The van der Waals surface area contributed by atoms with Crippen LogP contribution in [0.5, 0.6) is 0 Å². The number of hydrogen-bond acceptors (Lipinski definition) is 3. The predicted octanol–water partition coefficient (Wildman–Crippen LogP) is 5.67. The highest BCUT2D eigenvalue weighted by Crippen LogP contribution is 2.23. The second-order valence-electron chi connectivity index (χ2n) is 7.78. The molecule has 0 aliphatic carbocycles. The van der Waals surface area contributed by atoms with E-state index in [0.717, 1.165) is 21.5 Å². The van der Waals surface area contributed by atoms with Gasteiger partial charge in [-0.3, -0.25) is 9.36 Å². The zero-order chi connectivity index (χ0) is 22.7. The van der Waals surface area contributed by atoms with Gasteiger partial charge in [-0.2, -0.15) is 10.2 Å². The Bertz CT molecular complexity index is 1230. The monoisotopic (exact) mass is 508 g/mol. The fourth-order valence-corrected chi connectivity index (χ4v) is 4.10. The number of hydrogen-bond donors (Lipinski definition) is 2. The minimum atomic E-state index is 0.469. The fraction of sp³-hybridized carbons (Fsp3) is 0.208. The molecule has 0 saturated carbocycles. The van der Waals surface area contributed by atoms with Gasteiger partial charge in [0, 0.05) is 6.20 Å². The molecule has 0 unspecified atom stereocenters. The molecule has 0 bridgehead atoms. The number of benzene rings is 2. The van der Waals surface area contributed by atoms with Gasteiger partial charge in [-0.15, -0.1) is 0 Å². The van der Waals surface area contributed by atoms with Crippen LogP contribution < -0.4 is 10.6 Å². The third-order valence-electron chi connectivity index (χ3n) is 5.21. The van der Waals surface area contributed by atoms with Gasteiger partial charge in [0.1, 0.15) is 0 Å². The maximum absolute atomic E-state index is 5.56. The Kier molecular flexibility index (Phi) is 6.72. The largest absolute Gasteiger partial charge is 0.329 e. The van der Waals surface area contributed by atoms with Crippen LogP contribution in [0, 0.1) is 20.8 Å². The van der Waals surface area contributed by atoms with Crippen molar-refractivity contribution in [3.8, 4) is 0 Å². The maximum atomic E-state index is 5.56. The van der Waals surface area contributed by atoms with E-state index < -0.39 is 0 Å². The molecule has 8 heteroatoms. The van der Waals surface area contributed by atoms with E-state index in [-0.39, 0.29) is 0 Å². The van der Waals surface area contributed by atoms with E-state index in [1.165, 1.54) is 16.7 Å². The lowest BCUT2D eigenvalue weighted by molar-refractivity contribution is 0.659. The molecular formula is C24H25BrN6S. The lowest BCUT2D eigenvalue weighted by atomic mass is 10.1. The highest BCUT2D eigenvalue weighted by atomic mass is 79.9. The SMILES string of the molecule is Cc1ccc(Cn2cc(Br)c(NC(=S)Nc3c(C)nn(Cc4ccccc4)c3C)n2)cc1. The van der Waals surface area contributed by atoms with Crippen molar-refractivity contribution < 1.29 is 0 Å². The molecule has 6 nitrogen and oxygen atoms in total. The van der Waals surface area contributed by atoms with Crippen LogP contribution in [0.4, 0.5) is 11.5 Å². The molecule has 0 aliphatic rings. The molecule has 0 fully saturated rings. The zero-order valence-corrected chi connectivity index (χ0v) is 20.7. The first kappa shape index (κ1) is 22.2. The van der Waals surface area contributed by atoms with Crippen molar-refractivity contribution in [3.05, 3.63) is 93.3 Å². The average Bonchev–Trinajstić information content (AvgIpc) is 3.23. The number of nitrogens with zero attached hydrogens (tertiary/aromatic N) is 4. The van der Waals surface area contributed by atoms with E-state index in [2.05, 4.69) is 80.1 Å². The van der Waals surface area contributed by atoms with Crippen LogP contribution in [0.3, 0.4) is 0 Å². The van der Waals surface area contributed by atoms with E-state index in [0.29, 0.717) is 24.0 Å². The molecule has 0 amide bonds. The van der Waals surface area contributed by atoms with Gasteiger partial charge in [-0.05, 0) is 60.0 Å². The summed E-state index contributed by atoms with van der Waals surface area (Å²) in [6.07, 6.45) is 1.94. The maximum Gasteiger partial charge on any atom is 0.176 e. The molecule has 4 rings (SSSR count). The summed E-state index contributed by atoms with van der Waals surface area (Å²) in [7, 11) is 0. The molecule has 0 aliphatic heterocycles. The Morgan fingerprint density at radius 2 is 1.59 bits per heavy atom. The molecule has 32 heavy (non-hydrogen) atoms. The van der Waals surface area contributed by atoms with Crippen LogP contribution in [-0.2, 0) is 13.1 Å². The first-order chi connectivity index (χ1) is 15.4. The molecule has 2 heterocycles. The van der Waals surface area contributed by atoms with Crippen LogP contribution in [0.25, 0.3) is 0 Å². The predicted molar refractivity (Wildman–Crippen MR) is 137 cm³/mol. The lowest BCUT2D eigenvalue weighted by Crippen LogP contribution is -2.20. The van der Waals surface area contributed by atoms with Gasteiger partial charge in [0.25, 0.3) is 0 Å². The minimum Gasteiger partial charge on any atom is -0.329 e. The van der Waals surface area contributed by atoms with Crippen LogP contribution in [0.2, 0.25) is 0 Å². The second kappa shape index (κ2) is 9.67. The molecule has 0 radical (unpaired) electrons. The van der Waals surface area contributed by atoms with Crippen molar-refractivity contribution in [2.75, 3.05) is 10.6 Å². The lowest BCUT2D eigenvalue weighted by Gasteiger charge is -2.10. The molecule has 2 aromatic heterocycles. The van der Waals surface area contributed by atoms with Crippen LogP contribution in [0.15, 0.2) is 65.3 Å². The highest BCUT2D eigenvalue weighted by molar-refractivity contribution is 9.10. The Morgan fingerprint density at radius 3 is 2.31 bits per heavy atom. The van der Waals surface area contributed by atoms with E-state index in [1.807, 2.05) is 47.6 Å². The van der Waals surface area contributed by atoms with E-state index in [1.54, 1.807) is 0 Å². The van der Waals surface area contributed by atoms with E-state index in [4.69, 9.17) is 12.2 Å². The summed E-state index contributed by atoms with van der Waals surface area (Å²) in [6, 6.07) is 18.7. The number of aryl methyl sites for hydroxylation is 2. The second-order valence-corrected chi connectivity index (χ2v) is 9.04. The van der Waals surface area contributed by atoms with Crippen molar-refractivity contribution in [2.24, 2.45) is 0 Å². The van der Waals surface area contributed by atoms with Crippen molar-refractivity contribution in [3.63, 3.8) is 0 Å². The normalized spacial score (nSPS) is 10.9. The van der Waals surface area contributed by atoms with Gasteiger partial charge in [-0.1, -0.05) is 60.2 Å². The molecule has 4 aromatic rings. The minimum absolute atomic E-state index is 0.469. The van der Waals surface area contributed by atoms with Gasteiger partial charge < -0.3 is 10.6 Å². The molecule has 0 atom stereocenters. The molecule has 0 saturated heterocycles. The number of thiocarbonyl (C=S) groups is 1. The van der Waals surface area contributed by atoms with Gasteiger partial charge in [0.2, 0.25) is 0 Å². The summed E-state index contributed by atoms with van der Waals surface area (Å²) in [5.74, 6) is 0.668. The summed E-state index contributed by atoms with van der Waals surface area (Å²) >= 11 is 9.14. The Labute approximate surface area is 201 Å². The topological polar surface area (TPSA) is 59.7 Å². The summed E-state index contributed by atoms with van der Waals surface area (Å²) in [5, 5.41) is 16.3. The van der Waals surface area contributed by atoms with Gasteiger partial charge in [-0.25, -0.2) is 0 Å². The molecule has 164 valence electrons. The van der Waals surface area contributed by atoms with E-state index >= 15 is 0 Å². The Hall–Kier alpha value is -2.97. The Morgan fingerprint density at radius 1 is 0.906 bits per heavy atom. The van der Waals surface area contributed by atoms with E-state index in [9.17, 15) is 0 Å². The number of rotatable bonds is 6. The van der Waals surface area contributed by atoms with Crippen molar-refractivity contribution in [2.45, 2.75) is 33.9 Å². The van der Waals surface area contributed by atoms with Crippen molar-refractivity contribution in [1.29, 1.82) is 0 Å². The van der Waals surface area contributed by atoms with Crippen molar-refractivity contribution in [1.82, 2.24) is 19.6 Å². The molecule has 2 aromatic carbocycles. The first-order valence-corrected chi connectivity index (χ1v) is 11.5. The van der Waals surface area contributed by atoms with Gasteiger partial charge in [0.15, 0.2) is 10.9 Å². The summed E-state index contributed by atoms with van der Waals surface area (Å²) < 4.78 is 4.72. The van der Waals surface area contributed by atoms with Crippen molar-refractivity contribution >= 4 is 44.8 Å². The standard InChI is InChI=1S/C24H25BrN6S/c1-16-9-11-20(12-10-16)13-30-15-21(25)23(29-30)27-24(32)26-22-17(2)28-31(18(22)3)14-19-7-5-4-6-8-19/h4-12,15H,13-14H2,1-3H3,(H2,26,27,29,32). The molecule has 0 spiro atoms. The summed E-state index contributed by atoms with van der Waals surface area (Å²) in [4.78, 5) is 0. The van der Waals surface area contributed by atoms with Crippen LogP contribution in [-0.4, -0.2) is 24.7 Å². The van der Waals surface area contributed by atoms with Crippen LogP contribution >= 0.6 is 28.1 Å². The zero-order valence-electron chi connectivity index (χ0n) is 18.3. The van der Waals surface area contributed by atoms with Gasteiger partial charge in [0.05, 0.1) is 34.6 Å². The average molecular weight is 509 g/mol. The van der Waals surface area contributed by atoms with Gasteiger partial charge >= 0.3 is 0 Å². The fourth-order valence-electron chi connectivity index (χ4n) is 3.48. The number of aromatic nitrogens is 4.